The quantitative estimate of drug-likeness (QED) is 0.115. The van der Waals surface area contributed by atoms with Crippen molar-refractivity contribution in [2.75, 3.05) is 26.2 Å². The molecule has 0 radical (unpaired) electrons. The molecule has 8 atom stereocenters. The standard InChI is InChI=1S/C36H56N2O9/c1-9-28(40)26(6)33-29(45-33)22-35(7,43)15-10-11-24(4)32-25(5)12-13-30(36(8,44)16-14-27(39)21-31(41)47-32)46-34(42)38-19-17-37(18-20-38)23(2)3/h10-13,15,23,25-26,29-30,32-33,43-44H,9,14,16-22H2,1-8H3/b13-12+,15-10+,24-11+. The molecule has 1 amide bonds. The number of allylic oxidation sites excluding steroid dienone is 2. The van der Waals surface area contributed by atoms with E-state index in [9.17, 15) is 29.4 Å². The third-order valence-electron chi connectivity index (χ3n) is 9.57. The van der Waals surface area contributed by atoms with Crippen molar-refractivity contribution in [3.8, 4) is 0 Å². The Kier molecular flexibility index (Phi) is 13.5. The van der Waals surface area contributed by atoms with E-state index in [4.69, 9.17) is 14.2 Å². The Morgan fingerprint density at radius 1 is 1.17 bits per heavy atom. The minimum Gasteiger partial charge on any atom is -0.457 e. The number of Topliss-reactive ketones (excluding diaryl/α,β-unsaturated/α-hetero) is 2. The summed E-state index contributed by atoms with van der Waals surface area (Å²) >= 11 is 0. The molecular weight excluding hydrogens is 604 g/mol. The largest absolute Gasteiger partial charge is 0.457 e. The number of rotatable bonds is 10. The highest BCUT2D eigenvalue weighted by Gasteiger charge is 2.47. The van der Waals surface area contributed by atoms with Gasteiger partial charge in [0.15, 0.2) is 6.10 Å². The highest BCUT2D eigenvalue weighted by Crippen LogP contribution is 2.36. The Bertz CT molecular complexity index is 1210. The van der Waals surface area contributed by atoms with Crippen LogP contribution in [0.25, 0.3) is 0 Å². The molecule has 0 saturated carbocycles. The van der Waals surface area contributed by atoms with E-state index < -0.39 is 47.8 Å². The highest BCUT2D eigenvalue weighted by atomic mass is 16.6. The second kappa shape index (κ2) is 16.5. The number of aliphatic hydroxyl groups is 2. The summed E-state index contributed by atoms with van der Waals surface area (Å²) in [5.74, 6) is -1.54. The second-order valence-corrected chi connectivity index (χ2v) is 14.2. The van der Waals surface area contributed by atoms with E-state index >= 15 is 0 Å². The molecule has 3 rings (SSSR count). The van der Waals surface area contributed by atoms with Gasteiger partial charge in [0.05, 0.1) is 17.8 Å². The summed E-state index contributed by atoms with van der Waals surface area (Å²) in [4.78, 5) is 54.6. The van der Waals surface area contributed by atoms with Crippen LogP contribution in [0.2, 0.25) is 0 Å². The molecule has 0 aromatic rings. The van der Waals surface area contributed by atoms with E-state index in [0.29, 0.717) is 37.5 Å². The van der Waals surface area contributed by atoms with Crippen LogP contribution in [0.5, 0.6) is 0 Å². The van der Waals surface area contributed by atoms with Crippen LogP contribution in [-0.2, 0) is 28.6 Å². The van der Waals surface area contributed by atoms with E-state index in [2.05, 4.69) is 18.7 Å². The number of esters is 1. The van der Waals surface area contributed by atoms with Gasteiger partial charge in [-0.3, -0.25) is 19.3 Å². The zero-order chi connectivity index (χ0) is 35.1. The highest BCUT2D eigenvalue weighted by molar-refractivity contribution is 5.95. The van der Waals surface area contributed by atoms with Crippen molar-refractivity contribution in [3.05, 3.63) is 36.0 Å². The summed E-state index contributed by atoms with van der Waals surface area (Å²) in [6.45, 7) is 17.2. The van der Waals surface area contributed by atoms with Crippen LogP contribution in [0.4, 0.5) is 4.79 Å². The lowest BCUT2D eigenvalue weighted by Crippen LogP contribution is -2.52. The zero-order valence-electron chi connectivity index (χ0n) is 29.4. The molecule has 2 N–H and O–H groups in total. The molecule has 47 heavy (non-hydrogen) atoms. The number of carbonyl (C=O) groups excluding carboxylic acids is 4. The topological polar surface area (TPSA) is 146 Å². The number of epoxide rings is 1. The first kappa shape index (κ1) is 38.6. The first-order valence-electron chi connectivity index (χ1n) is 17.0. The van der Waals surface area contributed by atoms with E-state index in [-0.39, 0.29) is 42.5 Å². The molecule has 0 aliphatic carbocycles. The van der Waals surface area contributed by atoms with Gasteiger partial charge in [0, 0.05) is 63.3 Å². The van der Waals surface area contributed by atoms with Gasteiger partial charge in [-0.2, -0.15) is 0 Å². The summed E-state index contributed by atoms with van der Waals surface area (Å²) in [6, 6.07) is 0.378. The molecule has 3 heterocycles. The van der Waals surface area contributed by atoms with Crippen LogP contribution >= 0.6 is 0 Å². The summed E-state index contributed by atoms with van der Waals surface area (Å²) < 4.78 is 17.3. The maximum atomic E-state index is 13.2. The van der Waals surface area contributed by atoms with Crippen LogP contribution in [0.3, 0.4) is 0 Å². The fourth-order valence-electron chi connectivity index (χ4n) is 6.18. The molecule has 11 nitrogen and oxygen atoms in total. The number of hydrogen-bond donors (Lipinski definition) is 2. The maximum Gasteiger partial charge on any atom is 0.410 e. The van der Waals surface area contributed by atoms with Gasteiger partial charge in [-0.1, -0.05) is 45.1 Å². The average molecular weight is 661 g/mol. The Balaban J connectivity index is 1.74. The fourth-order valence-corrected chi connectivity index (χ4v) is 6.18. The van der Waals surface area contributed by atoms with Crippen molar-refractivity contribution < 1.29 is 43.6 Å². The van der Waals surface area contributed by atoms with Crippen LogP contribution in [-0.4, -0.2) is 111 Å². The third-order valence-corrected chi connectivity index (χ3v) is 9.57. The van der Waals surface area contributed by atoms with Gasteiger partial charge < -0.3 is 29.3 Å². The van der Waals surface area contributed by atoms with Crippen molar-refractivity contribution in [2.45, 2.75) is 129 Å². The van der Waals surface area contributed by atoms with Crippen LogP contribution in [0.15, 0.2) is 36.0 Å². The molecule has 11 heteroatoms. The van der Waals surface area contributed by atoms with Gasteiger partial charge in [0.1, 0.15) is 29.7 Å². The number of cyclic esters (lactones) is 1. The molecule has 0 aromatic carbocycles. The van der Waals surface area contributed by atoms with Gasteiger partial charge in [-0.05, 0) is 52.7 Å². The number of nitrogens with zero attached hydrogens (tertiary/aromatic N) is 2. The van der Waals surface area contributed by atoms with Crippen molar-refractivity contribution in [2.24, 2.45) is 11.8 Å². The van der Waals surface area contributed by atoms with Gasteiger partial charge in [0.25, 0.3) is 0 Å². The first-order valence-corrected chi connectivity index (χ1v) is 17.0. The number of ketones is 2. The lowest BCUT2D eigenvalue weighted by molar-refractivity contribution is -0.151. The van der Waals surface area contributed by atoms with E-state index in [1.54, 1.807) is 49.1 Å². The predicted octanol–water partition coefficient (Wildman–Crippen LogP) is 4.15. The molecule has 3 aliphatic rings. The Labute approximate surface area is 280 Å². The van der Waals surface area contributed by atoms with Gasteiger partial charge >= 0.3 is 12.1 Å². The summed E-state index contributed by atoms with van der Waals surface area (Å²) in [5, 5.41) is 22.3. The lowest BCUT2D eigenvalue weighted by Gasteiger charge is -2.38. The molecular formula is C36H56N2O9. The van der Waals surface area contributed by atoms with Gasteiger partial charge in [0.2, 0.25) is 0 Å². The summed E-state index contributed by atoms with van der Waals surface area (Å²) in [6.07, 6.45) is 5.97. The molecule has 0 spiro atoms. The fraction of sp³-hybridized carbons (Fsp3) is 0.722. The first-order chi connectivity index (χ1) is 21.9. The molecule has 0 aromatic heterocycles. The number of hydrogen-bond acceptors (Lipinski definition) is 10. The molecule has 8 unspecified atom stereocenters. The van der Waals surface area contributed by atoms with Gasteiger partial charge in [-0.25, -0.2) is 4.79 Å². The monoisotopic (exact) mass is 660 g/mol. The maximum absolute atomic E-state index is 13.2. The molecule has 264 valence electrons. The van der Waals surface area contributed by atoms with Crippen LogP contribution < -0.4 is 0 Å². The van der Waals surface area contributed by atoms with Crippen molar-refractivity contribution in [1.29, 1.82) is 0 Å². The molecule has 3 aliphatic heterocycles. The molecule has 0 bridgehead atoms. The number of ether oxygens (including phenoxy) is 3. The zero-order valence-corrected chi connectivity index (χ0v) is 29.4. The Morgan fingerprint density at radius 2 is 1.83 bits per heavy atom. The van der Waals surface area contributed by atoms with Crippen LogP contribution in [0, 0.1) is 11.8 Å². The molecule has 2 fully saturated rings. The number of carbonyl (C=O) groups is 4. The van der Waals surface area contributed by atoms with Crippen molar-refractivity contribution in [3.63, 3.8) is 0 Å². The normalized spacial score (nSPS) is 32.6. The minimum atomic E-state index is -1.55. The van der Waals surface area contributed by atoms with E-state index in [1.807, 2.05) is 20.8 Å². The number of piperazine rings is 1. The smallest absolute Gasteiger partial charge is 0.410 e. The van der Waals surface area contributed by atoms with Crippen molar-refractivity contribution in [1.82, 2.24) is 9.80 Å². The summed E-state index contributed by atoms with van der Waals surface area (Å²) in [7, 11) is 0. The molecule has 2 saturated heterocycles. The van der Waals surface area contributed by atoms with E-state index in [1.165, 1.54) is 6.92 Å². The van der Waals surface area contributed by atoms with E-state index in [0.717, 1.165) is 13.1 Å². The Morgan fingerprint density at radius 3 is 2.45 bits per heavy atom. The van der Waals surface area contributed by atoms with Crippen molar-refractivity contribution >= 4 is 23.6 Å². The number of amides is 1. The second-order valence-electron chi connectivity index (χ2n) is 14.2. The predicted molar refractivity (Wildman–Crippen MR) is 177 cm³/mol. The lowest BCUT2D eigenvalue weighted by atomic mass is 9.89. The average Bonchev–Trinajstić information content (AvgIpc) is 3.77. The third kappa shape index (κ3) is 11.4. The SMILES string of the molecule is CCC(=O)C(C)C1OC1CC(C)(O)/C=C/C=C(\C)C1OC(=O)CC(=O)CCC(C)(O)C(OC(=O)N2CCN(C(C)C)CC2)/C=C/C1C. The minimum absolute atomic E-state index is 0.00442. The van der Waals surface area contributed by atoms with Crippen LogP contribution in [0.1, 0.15) is 87.5 Å². The van der Waals surface area contributed by atoms with Gasteiger partial charge in [-0.15, -0.1) is 0 Å². The Hall–Kier alpha value is -2.86. The summed E-state index contributed by atoms with van der Waals surface area (Å²) in [5.41, 5.74) is -2.08.